The van der Waals surface area contributed by atoms with Gasteiger partial charge in [-0.05, 0) is 49.9 Å². The lowest BCUT2D eigenvalue weighted by Gasteiger charge is -2.33. The van der Waals surface area contributed by atoms with E-state index in [1.54, 1.807) is 6.20 Å². The van der Waals surface area contributed by atoms with Crippen LogP contribution in [0.15, 0.2) is 48.7 Å². The molecule has 0 amide bonds. The molecule has 2 N–H and O–H groups in total. The Morgan fingerprint density at radius 3 is 2.38 bits per heavy atom. The standard InChI is InChI=1S/C30H32Cl2F3N7/c31-23-14-20(30(33,34)35)15-24(32)26(23)39-29-38-25-16-36-28(40-27(25)42(29)22-11-5-2-6-12-22)37-21-10-7-13-41(18-21)17-19-8-3-1-4-9-19/h1,3-4,8-9,14-16,21-22H,2,5-7,10-13,17-18H2,(H,38,39)(H,36,37,40)/t21-/m1/s1. The molecule has 4 aromatic rings. The molecular weight excluding hydrogens is 586 g/mol. The van der Waals surface area contributed by atoms with Gasteiger partial charge in [-0.3, -0.25) is 9.47 Å². The zero-order valence-electron chi connectivity index (χ0n) is 23.0. The van der Waals surface area contributed by atoms with E-state index in [9.17, 15) is 13.2 Å². The largest absolute Gasteiger partial charge is 0.416 e. The van der Waals surface area contributed by atoms with Crippen LogP contribution in [0.25, 0.3) is 11.2 Å². The third-order valence-corrected chi connectivity index (χ3v) is 8.66. The molecule has 0 spiro atoms. The molecule has 1 atom stereocenters. The van der Waals surface area contributed by atoms with Gasteiger partial charge in [-0.25, -0.2) is 9.97 Å². The molecule has 0 unspecified atom stereocenters. The Labute approximate surface area is 252 Å². The van der Waals surface area contributed by atoms with Crippen molar-refractivity contribution in [1.29, 1.82) is 0 Å². The average molecular weight is 619 g/mol. The number of alkyl halides is 3. The molecule has 2 aliphatic rings. The maximum Gasteiger partial charge on any atom is 0.416 e. The maximum atomic E-state index is 13.3. The van der Waals surface area contributed by atoms with E-state index < -0.39 is 11.7 Å². The molecule has 7 nitrogen and oxygen atoms in total. The second-order valence-corrected chi connectivity index (χ2v) is 12.0. The first-order chi connectivity index (χ1) is 20.2. The molecule has 0 bridgehead atoms. The molecule has 1 aliphatic heterocycles. The van der Waals surface area contributed by atoms with Crippen molar-refractivity contribution in [3.63, 3.8) is 0 Å². The Balaban J connectivity index is 1.28. The van der Waals surface area contributed by atoms with Gasteiger partial charge < -0.3 is 10.6 Å². The van der Waals surface area contributed by atoms with E-state index in [-0.39, 0.29) is 27.8 Å². The molecule has 1 aliphatic carbocycles. The van der Waals surface area contributed by atoms with Crippen molar-refractivity contribution in [3.8, 4) is 0 Å². The predicted octanol–water partition coefficient (Wildman–Crippen LogP) is 8.48. The van der Waals surface area contributed by atoms with Gasteiger partial charge in [0.2, 0.25) is 11.9 Å². The number of nitrogens with zero attached hydrogens (tertiary/aromatic N) is 5. The fourth-order valence-corrected chi connectivity index (χ4v) is 6.62. The molecule has 2 fully saturated rings. The fourth-order valence-electron chi connectivity index (χ4n) is 6.04. The summed E-state index contributed by atoms with van der Waals surface area (Å²) < 4.78 is 41.9. The van der Waals surface area contributed by atoms with Crippen LogP contribution >= 0.6 is 23.2 Å². The van der Waals surface area contributed by atoms with Crippen molar-refractivity contribution in [2.75, 3.05) is 23.7 Å². The van der Waals surface area contributed by atoms with Gasteiger partial charge in [0.25, 0.3) is 0 Å². The summed E-state index contributed by atoms with van der Waals surface area (Å²) in [6.07, 6.45) is 4.42. The number of anilines is 3. The number of halogens is 5. The van der Waals surface area contributed by atoms with E-state index in [0.717, 1.165) is 76.7 Å². The van der Waals surface area contributed by atoms with E-state index >= 15 is 0 Å². The Bertz CT molecular complexity index is 1510. The Morgan fingerprint density at radius 2 is 1.67 bits per heavy atom. The van der Waals surface area contributed by atoms with Crippen molar-refractivity contribution < 1.29 is 13.2 Å². The smallest absolute Gasteiger partial charge is 0.350 e. The summed E-state index contributed by atoms with van der Waals surface area (Å²) in [5, 5.41) is 6.40. The van der Waals surface area contributed by atoms with Crippen molar-refractivity contribution in [1.82, 2.24) is 24.4 Å². The molecule has 2 aromatic heterocycles. The zero-order chi connectivity index (χ0) is 29.3. The Hall–Kier alpha value is -3.08. The number of nitrogens with one attached hydrogen (secondary N) is 2. The second kappa shape index (κ2) is 12.3. The van der Waals surface area contributed by atoms with Crippen LogP contribution in [0.3, 0.4) is 0 Å². The van der Waals surface area contributed by atoms with Gasteiger partial charge in [0.1, 0.15) is 5.52 Å². The zero-order valence-corrected chi connectivity index (χ0v) is 24.5. The molecule has 6 rings (SSSR count). The van der Waals surface area contributed by atoms with Gasteiger partial charge in [-0.1, -0.05) is 72.8 Å². The molecule has 42 heavy (non-hydrogen) atoms. The summed E-state index contributed by atoms with van der Waals surface area (Å²) in [5.74, 6) is 0.960. The first-order valence-electron chi connectivity index (χ1n) is 14.4. The summed E-state index contributed by atoms with van der Waals surface area (Å²) >= 11 is 12.6. The Kier molecular flexibility index (Phi) is 8.47. The van der Waals surface area contributed by atoms with E-state index in [4.69, 9.17) is 33.2 Å². The molecule has 0 radical (unpaired) electrons. The van der Waals surface area contributed by atoms with Gasteiger partial charge in [0.05, 0.1) is 27.5 Å². The molecular formula is C30H32Cl2F3N7. The first-order valence-corrected chi connectivity index (χ1v) is 15.1. The molecule has 2 aromatic carbocycles. The maximum absolute atomic E-state index is 13.3. The number of fused-ring (bicyclic) bond motifs is 1. The van der Waals surface area contributed by atoms with Gasteiger partial charge in [-0.15, -0.1) is 0 Å². The van der Waals surface area contributed by atoms with Crippen LogP contribution in [0.4, 0.5) is 30.8 Å². The predicted molar refractivity (Wildman–Crippen MR) is 161 cm³/mol. The quantitative estimate of drug-likeness (QED) is 0.217. The van der Waals surface area contributed by atoms with Crippen molar-refractivity contribution in [2.24, 2.45) is 0 Å². The minimum absolute atomic E-state index is 0.122. The van der Waals surface area contributed by atoms with Gasteiger partial charge >= 0.3 is 6.18 Å². The number of rotatable bonds is 7. The summed E-state index contributed by atoms with van der Waals surface area (Å²) in [5.41, 5.74) is 1.81. The number of imidazole rings is 1. The van der Waals surface area contributed by atoms with E-state index in [0.29, 0.717) is 23.1 Å². The average Bonchev–Trinajstić information content (AvgIpc) is 3.33. The lowest BCUT2D eigenvalue weighted by molar-refractivity contribution is -0.137. The number of likely N-dealkylation sites (tertiary alicyclic amines) is 1. The number of benzene rings is 2. The normalized spacial score (nSPS) is 18.8. The topological polar surface area (TPSA) is 70.9 Å². The summed E-state index contributed by atoms with van der Waals surface area (Å²) in [4.78, 5) is 16.7. The summed E-state index contributed by atoms with van der Waals surface area (Å²) in [7, 11) is 0. The van der Waals surface area contributed by atoms with Crippen LogP contribution in [0.1, 0.15) is 62.1 Å². The SMILES string of the molecule is FC(F)(F)c1cc(Cl)c(Nc2nc3cnc(N[C@@H]4CCCN(Cc5ccccc5)C4)nc3n2C2CCCCC2)c(Cl)c1. The van der Waals surface area contributed by atoms with Crippen molar-refractivity contribution >= 4 is 51.9 Å². The highest BCUT2D eigenvalue weighted by molar-refractivity contribution is 6.39. The molecule has 12 heteroatoms. The number of hydrogen-bond acceptors (Lipinski definition) is 6. The third-order valence-electron chi connectivity index (χ3n) is 8.07. The van der Waals surface area contributed by atoms with Crippen LogP contribution < -0.4 is 10.6 Å². The van der Waals surface area contributed by atoms with E-state index in [2.05, 4.69) is 44.8 Å². The molecule has 1 saturated carbocycles. The highest BCUT2D eigenvalue weighted by Gasteiger charge is 2.32. The first kappa shape index (κ1) is 29.0. The highest BCUT2D eigenvalue weighted by Crippen LogP contribution is 2.41. The summed E-state index contributed by atoms with van der Waals surface area (Å²) in [6, 6.07) is 12.5. The minimum atomic E-state index is -4.56. The van der Waals surface area contributed by atoms with Gasteiger partial charge in [0.15, 0.2) is 5.65 Å². The third kappa shape index (κ3) is 6.45. The number of aromatic nitrogens is 4. The minimum Gasteiger partial charge on any atom is -0.350 e. The highest BCUT2D eigenvalue weighted by atomic mass is 35.5. The second-order valence-electron chi connectivity index (χ2n) is 11.1. The van der Waals surface area contributed by atoms with Crippen LogP contribution in [0.5, 0.6) is 0 Å². The monoisotopic (exact) mass is 617 g/mol. The van der Waals surface area contributed by atoms with Crippen LogP contribution in [0, 0.1) is 0 Å². The lowest BCUT2D eigenvalue weighted by Crippen LogP contribution is -2.41. The van der Waals surface area contributed by atoms with Crippen LogP contribution in [-0.4, -0.2) is 43.6 Å². The van der Waals surface area contributed by atoms with E-state index in [1.807, 2.05) is 10.6 Å². The lowest BCUT2D eigenvalue weighted by atomic mass is 9.95. The molecule has 3 heterocycles. The Morgan fingerprint density at radius 1 is 0.929 bits per heavy atom. The van der Waals surface area contributed by atoms with Gasteiger partial charge in [-0.2, -0.15) is 18.2 Å². The number of piperidine rings is 1. The van der Waals surface area contributed by atoms with Crippen LogP contribution in [0.2, 0.25) is 10.0 Å². The van der Waals surface area contributed by atoms with Crippen molar-refractivity contribution in [3.05, 3.63) is 69.8 Å². The fraction of sp³-hybridized carbons (Fsp3) is 0.433. The summed E-state index contributed by atoms with van der Waals surface area (Å²) in [6.45, 7) is 2.83. The van der Waals surface area contributed by atoms with E-state index in [1.165, 1.54) is 5.56 Å². The van der Waals surface area contributed by atoms with Gasteiger partial charge in [0, 0.05) is 25.2 Å². The van der Waals surface area contributed by atoms with Crippen LogP contribution in [-0.2, 0) is 12.7 Å². The van der Waals surface area contributed by atoms with Crippen molar-refractivity contribution in [2.45, 2.75) is 69.8 Å². The molecule has 1 saturated heterocycles. The number of hydrogen-bond donors (Lipinski definition) is 2. The molecule has 222 valence electrons.